The van der Waals surface area contributed by atoms with E-state index in [1.165, 1.54) is 33.0 Å². The highest BCUT2D eigenvalue weighted by molar-refractivity contribution is 6.00. The van der Waals surface area contributed by atoms with E-state index >= 15 is 0 Å². The minimum absolute atomic E-state index is 0.00869. The molecular weight excluding hydrogens is 470 g/mol. The highest BCUT2D eigenvalue weighted by Gasteiger charge is 2.40. The van der Waals surface area contributed by atoms with Gasteiger partial charge < -0.3 is 5.32 Å². The Morgan fingerprint density at radius 2 is 1.74 bits per heavy atom. The maximum absolute atomic E-state index is 3.88. The van der Waals surface area contributed by atoms with Crippen molar-refractivity contribution in [3.8, 4) is 0 Å². The van der Waals surface area contributed by atoms with E-state index in [1.807, 2.05) is 12.2 Å². The lowest BCUT2D eigenvalue weighted by Crippen LogP contribution is -2.22. The molecule has 1 N–H and O–H groups in total. The normalized spacial score (nSPS) is 17.7. The van der Waals surface area contributed by atoms with Crippen molar-refractivity contribution >= 4 is 33.8 Å². The number of rotatable bonds is 5. The quantitative estimate of drug-likeness (QED) is 0.337. The van der Waals surface area contributed by atoms with Crippen LogP contribution >= 0.6 is 0 Å². The van der Waals surface area contributed by atoms with Gasteiger partial charge in [0.15, 0.2) is 0 Å². The molecule has 1 unspecified atom stereocenters. The molecular formula is C38H39N. The summed E-state index contributed by atoms with van der Waals surface area (Å²) in [5.41, 5.74) is 11.5. The maximum atomic E-state index is 3.88. The molecule has 0 radical (unpaired) electrons. The third-order valence-electron chi connectivity index (χ3n) is 8.06. The van der Waals surface area contributed by atoms with E-state index in [0.717, 1.165) is 28.9 Å². The number of hydrogen-bond donors (Lipinski definition) is 1. The summed E-state index contributed by atoms with van der Waals surface area (Å²) in [5, 5.41) is 6.19. The van der Waals surface area contributed by atoms with E-state index in [1.54, 1.807) is 5.57 Å². The van der Waals surface area contributed by atoms with Crippen LogP contribution in [0, 0.1) is 12.8 Å². The molecule has 0 amide bonds. The van der Waals surface area contributed by atoms with Crippen LogP contribution in [-0.2, 0) is 5.41 Å². The van der Waals surface area contributed by atoms with Gasteiger partial charge in [0.05, 0.1) is 0 Å². The molecule has 1 nitrogen and oxygen atoms in total. The Balaban J connectivity index is 1.85. The smallest absolute Gasteiger partial charge is 0.0464 e. The average molecular weight is 510 g/mol. The van der Waals surface area contributed by atoms with Crippen molar-refractivity contribution in [1.82, 2.24) is 0 Å². The van der Waals surface area contributed by atoms with E-state index < -0.39 is 0 Å². The van der Waals surface area contributed by atoms with Crippen LogP contribution in [0.15, 0.2) is 121 Å². The van der Waals surface area contributed by atoms with E-state index in [4.69, 9.17) is 0 Å². The van der Waals surface area contributed by atoms with E-state index in [-0.39, 0.29) is 5.41 Å². The van der Waals surface area contributed by atoms with Crippen molar-refractivity contribution in [3.05, 3.63) is 143 Å². The predicted molar refractivity (Wildman–Crippen MR) is 172 cm³/mol. The molecule has 2 aliphatic rings. The molecule has 3 aromatic carbocycles. The zero-order valence-corrected chi connectivity index (χ0v) is 23.9. The minimum Gasteiger partial charge on any atom is -0.355 e. The number of anilines is 2. The molecule has 2 aliphatic carbocycles. The summed E-state index contributed by atoms with van der Waals surface area (Å²) >= 11 is 0. The van der Waals surface area contributed by atoms with Crippen molar-refractivity contribution in [2.24, 2.45) is 5.92 Å². The number of allylic oxidation sites excluding steroid dienone is 8. The topological polar surface area (TPSA) is 12.0 Å². The molecule has 0 bridgehead atoms. The summed E-state index contributed by atoms with van der Waals surface area (Å²) in [5.74, 6) is 0.545. The van der Waals surface area contributed by atoms with Crippen molar-refractivity contribution in [2.45, 2.75) is 46.5 Å². The fourth-order valence-corrected chi connectivity index (χ4v) is 6.13. The summed E-state index contributed by atoms with van der Waals surface area (Å²) in [4.78, 5) is 0. The molecule has 3 aromatic rings. The molecule has 0 saturated heterocycles. The first-order chi connectivity index (χ1) is 18.8. The van der Waals surface area contributed by atoms with Crippen molar-refractivity contribution in [1.29, 1.82) is 0 Å². The van der Waals surface area contributed by atoms with Gasteiger partial charge in [0.1, 0.15) is 0 Å². The maximum Gasteiger partial charge on any atom is 0.0464 e. The Morgan fingerprint density at radius 3 is 2.49 bits per heavy atom. The summed E-state index contributed by atoms with van der Waals surface area (Å²) < 4.78 is 0. The van der Waals surface area contributed by atoms with Gasteiger partial charge in [-0.1, -0.05) is 117 Å². The first kappa shape index (κ1) is 26.5. The standard InChI is InChI=1S/C38H39N/c1-7-13-26(2)20-23-31-33-25-34-32-16-12-14-28(4)37(32)38(5,6)35(34)24-29(33)15-10-8-9-11-17-36(31)39-30-21-18-27(3)19-22-30/h7-13,15-25,28,39H,1,14H2,2-6H3/b9-8?,10-8?,11-9?,15-10?,17-11?,23-20-,26-13-,29-15?,33-31?,36-17?,36-31?. The fourth-order valence-electron chi connectivity index (χ4n) is 6.13. The second-order valence-corrected chi connectivity index (χ2v) is 11.4. The Morgan fingerprint density at radius 1 is 1.00 bits per heavy atom. The molecule has 196 valence electrons. The second kappa shape index (κ2) is 10.9. The number of benzene rings is 2. The van der Waals surface area contributed by atoms with Gasteiger partial charge in [-0.15, -0.1) is 0 Å². The van der Waals surface area contributed by atoms with Gasteiger partial charge in [-0.2, -0.15) is 0 Å². The first-order valence-corrected chi connectivity index (χ1v) is 14.0. The summed E-state index contributed by atoms with van der Waals surface area (Å²) in [6.45, 7) is 15.3. The highest BCUT2D eigenvalue weighted by Crippen LogP contribution is 2.53. The molecule has 0 saturated carbocycles. The van der Waals surface area contributed by atoms with Crippen LogP contribution < -0.4 is 5.32 Å². The first-order valence-electron chi connectivity index (χ1n) is 14.0. The summed E-state index contributed by atoms with van der Waals surface area (Å²) in [6, 6.07) is 26.3. The monoisotopic (exact) mass is 509 g/mol. The summed E-state index contributed by atoms with van der Waals surface area (Å²) in [6.07, 6.45) is 14.1. The van der Waals surface area contributed by atoms with Gasteiger partial charge in [0.2, 0.25) is 0 Å². The van der Waals surface area contributed by atoms with E-state index in [9.17, 15) is 0 Å². The van der Waals surface area contributed by atoms with Gasteiger partial charge in [0.25, 0.3) is 0 Å². The Kier molecular flexibility index (Phi) is 7.44. The summed E-state index contributed by atoms with van der Waals surface area (Å²) in [7, 11) is 0. The number of nitrogens with one attached hydrogen (secondary N) is 1. The average Bonchev–Trinajstić information content (AvgIpc) is 3.14. The third kappa shape index (κ3) is 5.27. The number of aryl methyl sites for hydroxylation is 1. The lowest BCUT2D eigenvalue weighted by Gasteiger charge is -2.30. The van der Waals surface area contributed by atoms with Crippen LogP contribution in [-0.4, -0.2) is 0 Å². The van der Waals surface area contributed by atoms with Crippen LogP contribution in [0.5, 0.6) is 0 Å². The molecule has 0 spiro atoms. The molecule has 39 heavy (non-hydrogen) atoms. The lowest BCUT2D eigenvalue weighted by molar-refractivity contribution is 0.531. The van der Waals surface area contributed by atoms with Crippen LogP contribution in [0.25, 0.3) is 22.4 Å². The van der Waals surface area contributed by atoms with Crippen molar-refractivity contribution < 1.29 is 0 Å². The molecule has 1 atom stereocenters. The van der Waals surface area contributed by atoms with E-state index in [2.05, 4.69) is 144 Å². The fraction of sp³-hybridized carbons (Fsp3) is 0.211. The van der Waals surface area contributed by atoms with Crippen LogP contribution in [0.2, 0.25) is 0 Å². The van der Waals surface area contributed by atoms with Crippen molar-refractivity contribution in [2.75, 3.05) is 5.32 Å². The third-order valence-corrected chi connectivity index (χ3v) is 8.06. The van der Waals surface area contributed by atoms with Gasteiger partial charge >= 0.3 is 0 Å². The lowest BCUT2D eigenvalue weighted by atomic mass is 9.74. The molecule has 1 heteroatoms. The van der Waals surface area contributed by atoms with Crippen LogP contribution in [0.4, 0.5) is 11.4 Å². The molecule has 5 rings (SSSR count). The van der Waals surface area contributed by atoms with Crippen LogP contribution in [0.3, 0.4) is 0 Å². The molecule has 0 aliphatic heterocycles. The van der Waals surface area contributed by atoms with Crippen molar-refractivity contribution in [3.63, 3.8) is 0 Å². The van der Waals surface area contributed by atoms with Gasteiger partial charge in [-0.05, 0) is 89.6 Å². The highest BCUT2D eigenvalue weighted by atomic mass is 14.9. The number of fused-ring (bicyclic) bond motifs is 3. The second-order valence-electron chi connectivity index (χ2n) is 11.4. The van der Waals surface area contributed by atoms with Gasteiger partial charge in [-0.3, -0.25) is 0 Å². The zero-order chi connectivity index (χ0) is 27.6. The number of hydrogen-bond acceptors (Lipinski definition) is 1. The zero-order valence-electron chi connectivity index (χ0n) is 23.9. The van der Waals surface area contributed by atoms with Crippen LogP contribution in [0.1, 0.15) is 56.4 Å². The Bertz CT molecular complexity index is 1600. The van der Waals surface area contributed by atoms with Gasteiger partial charge in [0, 0.05) is 22.4 Å². The SMILES string of the molecule is C=C/C=C(C)\C=C/c1c(Nc2ccc(C)cc2)ccccccc2cc3c(cc12)C1=C(C(C)CC=C1)C3(C)C. The van der Waals surface area contributed by atoms with Gasteiger partial charge in [-0.25, -0.2) is 0 Å². The molecule has 0 fully saturated rings. The van der Waals surface area contributed by atoms with E-state index in [0.29, 0.717) is 5.92 Å². The largest absolute Gasteiger partial charge is 0.355 e. The minimum atomic E-state index is 0.00869. The molecule has 0 heterocycles. The Labute approximate surface area is 234 Å². The molecule has 0 aromatic heterocycles. The Hall–Kier alpha value is -4.10. The predicted octanol–water partition coefficient (Wildman–Crippen LogP) is 10.8.